The summed E-state index contributed by atoms with van der Waals surface area (Å²) in [6, 6.07) is 3.88. The van der Waals surface area contributed by atoms with Gasteiger partial charge >= 0.3 is 0 Å². The van der Waals surface area contributed by atoms with Gasteiger partial charge in [-0.15, -0.1) is 11.8 Å². The number of fused-ring (bicyclic) bond motifs is 1. The van der Waals surface area contributed by atoms with E-state index in [1.165, 1.54) is 0 Å². The van der Waals surface area contributed by atoms with Crippen molar-refractivity contribution in [3.05, 3.63) is 24.2 Å². The number of carbonyl (C=O) groups excluding carboxylic acids is 1. The summed E-state index contributed by atoms with van der Waals surface area (Å²) in [7, 11) is 0. The summed E-state index contributed by atoms with van der Waals surface area (Å²) in [5.74, 6) is 2.63. The summed E-state index contributed by atoms with van der Waals surface area (Å²) in [5.41, 5.74) is 0. The molecule has 3 heterocycles. The Kier molecular flexibility index (Phi) is 2.24. The fourth-order valence-corrected chi connectivity index (χ4v) is 3.74. The smallest absolute Gasteiger partial charge is 0.224 e. The van der Waals surface area contributed by atoms with Crippen LogP contribution >= 0.6 is 11.8 Å². The Hall–Kier alpha value is -0.900. The summed E-state index contributed by atoms with van der Waals surface area (Å²) in [6.45, 7) is 0.930. The second-order valence-electron chi connectivity index (χ2n) is 4.06. The highest BCUT2D eigenvalue weighted by molar-refractivity contribution is 8.00. The molecule has 0 N–H and O–H groups in total. The standard InChI is InChI=1S/C11H13NO2S/c13-10-6-8(9-2-1-4-14-9)7-11-12(10)3-5-15-11/h1-2,4,8,11H,3,5-7H2/t8-,11+/m1/s1. The number of carbonyl (C=O) groups is 1. The van der Waals surface area contributed by atoms with Gasteiger partial charge in [0.25, 0.3) is 0 Å². The molecule has 0 radical (unpaired) electrons. The highest BCUT2D eigenvalue weighted by Gasteiger charge is 2.38. The Bertz CT molecular complexity index is 363. The second kappa shape index (κ2) is 3.59. The fourth-order valence-electron chi connectivity index (χ4n) is 2.40. The monoisotopic (exact) mass is 223 g/mol. The highest BCUT2D eigenvalue weighted by atomic mass is 32.2. The van der Waals surface area contributed by atoms with Crippen molar-refractivity contribution in [1.29, 1.82) is 0 Å². The van der Waals surface area contributed by atoms with Crippen molar-refractivity contribution in [2.24, 2.45) is 0 Å². The van der Waals surface area contributed by atoms with Crippen LogP contribution in [0.1, 0.15) is 24.5 Å². The molecule has 2 aliphatic rings. The van der Waals surface area contributed by atoms with Gasteiger partial charge in [-0.3, -0.25) is 4.79 Å². The molecule has 80 valence electrons. The molecule has 2 fully saturated rings. The maximum absolute atomic E-state index is 11.9. The first kappa shape index (κ1) is 9.33. The third kappa shape index (κ3) is 1.57. The van der Waals surface area contributed by atoms with Gasteiger partial charge in [0.1, 0.15) is 5.76 Å². The van der Waals surface area contributed by atoms with Crippen LogP contribution in [0.25, 0.3) is 0 Å². The Morgan fingerprint density at radius 1 is 1.53 bits per heavy atom. The summed E-state index contributed by atoms with van der Waals surface area (Å²) in [6.07, 6.45) is 3.35. The summed E-state index contributed by atoms with van der Waals surface area (Å²) in [4.78, 5) is 13.9. The van der Waals surface area contributed by atoms with Crippen molar-refractivity contribution in [1.82, 2.24) is 4.90 Å². The van der Waals surface area contributed by atoms with Gasteiger partial charge in [-0.25, -0.2) is 0 Å². The molecule has 1 amide bonds. The highest BCUT2D eigenvalue weighted by Crippen LogP contribution is 2.39. The van der Waals surface area contributed by atoms with Crippen molar-refractivity contribution < 1.29 is 9.21 Å². The van der Waals surface area contributed by atoms with Crippen LogP contribution in [0.2, 0.25) is 0 Å². The molecule has 2 atom stereocenters. The number of piperidine rings is 1. The topological polar surface area (TPSA) is 33.5 Å². The predicted molar refractivity (Wildman–Crippen MR) is 58.6 cm³/mol. The maximum atomic E-state index is 11.9. The lowest BCUT2D eigenvalue weighted by Gasteiger charge is -2.32. The van der Waals surface area contributed by atoms with Gasteiger partial charge in [0, 0.05) is 24.6 Å². The van der Waals surface area contributed by atoms with Crippen LogP contribution in [0.15, 0.2) is 22.8 Å². The van der Waals surface area contributed by atoms with Crippen LogP contribution in [0.4, 0.5) is 0 Å². The molecule has 1 aromatic heterocycles. The quantitative estimate of drug-likeness (QED) is 0.730. The first-order chi connectivity index (χ1) is 7.34. The lowest BCUT2D eigenvalue weighted by molar-refractivity contribution is -0.134. The molecule has 0 unspecified atom stereocenters. The average Bonchev–Trinajstić information content (AvgIpc) is 2.88. The van der Waals surface area contributed by atoms with Crippen molar-refractivity contribution >= 4 is 17.7 Å². The zero-order valence-corrected chi connectivity index (χ0v) is 9.20. The van der Waals surface area contributed by atoms with Gasteiger partial charge in [-0.2, -0.15) is 0 Å². The molecule has 0 aromatic carbocycles. The number of furan rings is 1. The maximum Gasteiger partial charge on any atom is 0.224 e. The SMILES string of the molecule is O=C1C[C@@H](c2ccco2)C[C@@H]2SCCN12. The lowest BCUT2D eigenvalue weighted by Crippen LogP contribution is -2.40. The third-order valence-electron chi connectivity index (χ3n) is 3.16. The molecule has 2 aliphatic heterocycles. The van der Waals surface area contributed by atoms with E-state index in [1.807, 2.05) is 28.8 Å². The van der Waals surface area contributed by atoms with E-state index in [1.54, 1.807) is 6.26 Å². The Balaban J connectivity index is 1.81. The molecule has 3 rings (SSSR count). The molecule has 0 spiro atoms. The van der Waals surface area contributed by atoms with Gasteiger partial charge < -0.3 is 9.32 Å². The van der Waals surface area contributed by atoms with Crippen LogP contribution in [0, 0.1) is 0 Å². The number of nitrogens with zero attached hydrogens (tertiary/aromatic N) is 1. The van der Waals surface area contributed by atoms with E-state index in [9.17, 15) is 4.79 Å². The van der Waals surface area contributed by atoms with E-state index in [2.05, 4.69) is 0 Å². The minimum atomic E-state index is 0.289. The van der Waals surface area contributed by atoms with Crippen molar-refractivity contribution in [2.75, 3.05) is 12.3 Å². The van der Waals surface area contributed by atoms with Crippen molar-refractivity contribution in [3.8, 4) is 0 Å². The van der Waals surface area contributed by atoms with Gasteiger partial charge in [-0.05, 0) is 18.6 Å². The van der Waals surface area contributed by atoms with Crippen LogP contribution < -0.4 is 0 Å². The molecule has 0 saturated carbocycles. The van der Waals surface area contributed by atoms with E-state index >= 15 is 0 Å². The zero-order valence-electron chi connectivity index (χ0n) is 8.39. The van der Waals surface area contributed by atoms with Gasteiger partial charge in [-0.1, -0.05) is 0 Å². The van der Waals surface area contributed by atoms with Crippen LogP contribution in [0.3, 0.4) is 0 Å². The Morgan fingerprint density at radius 3 is 3.27 bits per heavy atom. The molecule has 0 bridgehead atoms. The van der Waals surface area contributed by atoms with Crippen LogP contribution in [0.5, 0.6) is 0 Å². The second-order valence-corrected chi connectivity index (χ2v) is 5.35. The number of hydrogen-bond acceptors (Lipinski definition) is 3. The Labute approximate surface area is 92.8 Å². The Morgan fingerprint density at radius 2 is 2.47 bits per heavy atom. The minimum absolute atomic E-state index is 0.289. The molecule has 0 aliphatic carbocycles. The number of thioether (sulfide) groups is 1. The molecular formula is C11H13NO2S. The predicted octanol–water partition coefficient (Wildman–Crippen LogP) is 2.06. The molecule has 15 heavy (non-hydrogen) atoms. The third-order valence-corrected chi connectivity index (χ3v) is 4.41. The normalized spacial score (nSPS) is 30.7. The van der Waals surface area contributed by atoms with Gasteiger partial charge in [0.2, 0.25) is 5.91 Å². The van der Waals surface area contributed by atoms with E-state index in [4.69, 9.17) is 4.42 Å². The van der Waals surface area contributed by atoms with Crippen LogP contribution in [-0.2, 0) is 4.79 Å². The molecule has 1 aromatic rings. The van der Waals surface area contributed by atoms with E-state index in [0.29, 0.717) is 17.7 Å². The number of rotatable bonds is 1. The fraction of sp³-hybridized carbons (Fsp3) is 0.545. The van der Waals surface area contributed by atoms with Gasteiger partial charge in [0.05, 0.1) is 11.6 Å². The van der Waals surface area contributed by atoms with Crippen LogP contribution in [-0.4, -0.2) is 28.5 Å². The largest absolute Gasteiger partial charge is 0.469 e. The minimum Gasteiger partial charge on any atom is -0.469 e. The van der Waals surface area contributed by atoms with E-state index in [-0.39, 0.29) is 5.91 Å². The summed E-state index contributed by atoms with van der Waals surface area (Å²) in [5, 5.41) is 0.390. The van der Waals surface area contributed by atoms with Crippen molar-refractivity contribution in [2.45, 2.75) is 24.1 Å². The average molecular weight is 223 g/mol. The number of amides is 1. The van der Waals surface area contributed by atoms with Crippen molar-refractivity contribution in [3.63, 3.8) is 0 Å². The lowest BCUT2D eigenvalue weighted by atomic mass is 9.94. The van der Waals surface area contributed by atoms with E-state index < -0.39 is 0 Å². The summed E-state index contributed by atoms with van der Waals surface area (Å²) < 4.78 is 5.39. The first-order valence-electron chi connectivity index (χ1n) is 5.29. The molecule has 3 nitrogen and oxygen atoms in total. The molecule has 2 saturated heterocycles. The number of hydrogen-bond donors (Lipinski definition) is 0. The zero-order chi connectivity index (χ0) is 10.3. The summed E-state index contributed by atoms with van der Waals surface area (Å²) >= 11 is 1.89. The molecular weight excluding hydrogens is 210 g/mol. The van der Waals surface area contributed by atoms with Gasteiger partial charge in [0.15, 0.2) is 0 Å². The first-order valence-corrected chi connectivity index (χ1v) is 6.34. The van der Waals surface area contributed by atoms with E-state index in [0.717, 1.165) is 24.5 Å². The molecule has 4 heteroatoms.